The molecule has 0 saturated carbocycles. The highest BCUT2D eigenvalue weighted by atomic mass is 79.9. The number of hydrogen-bond acceptors (Lipinski definition) is 3. The molecular weight excluding hydrogens is 335 g/mol. The Morgan fingerprint density at radius 3 is 2.86 bits per heavy atom. The van der Waals surface area contributed by atoms with E-state index in [1.165, 1.54) is 12.1 Å². The molecule has 0 amide bonds. The molecular formula is C16H18BrFN2O. The molecule has 21 heavy (non-hydrogen) atoms. The minimum atomic E-state index is -0.341. The number of nitrogens with one attached hydrogen (secondary N) is 1. The molecule has 1 heterocycles. The van der Waals surface area contributed by atoms with E-state index in [1.807, 2.05) is 13.0 Å². The number of rotatable bonds is 6. The van der Waals surface area contributed by atoms with Crippen LogP contribution in [0, 0.1) is 12.7 Å². The van der Waals surface area contributed by atoms with Crippen molar-refractivity contribution in [3.05, 3.63) is 51.9 Å². The Labute approximate surface area is 132 Å². The predicted molar refractivity (Wildman–Crippen MR) is 85.1 cm³/mol. The predicted octanol–water partition coefficient (Wildman–Crippen LogP) is 4.58. The molecule has 3 nitrogen and oxygen atoms in total. The Morgan fingerprint density at radius 1 is 1.33 bits per heavy atom. The maximum absolute atomic E-state index is 13.3. The lowest BCUT2D eigenvalue weighted by atomic mass is 10.2. The molecule has 0 aliphatic rings. The van der Waals surface area contributed by atoms with Gasteiger partial charge in [0.1, 0.15) is 11.6 Å². The summed E-state index contributed by atoms with van der Waals surface area (Å²) < 4.78 is 19.6. The zero-order chi connectivity index (χ0) is 15.2. The number of aromatic nitrogens is 1. The van der Waals surface area contributed by atoms with Crippen molar-refractivity contribution >= 4 is 15.9 Å². The SMILES string of the molecule is CCCNCc1cnc(Oc2cc(F)ccc2Br)c(C)c1. The van der Waals surface area contributed by atoms with Gasteiger partial charge in [0.2, 0.25) is 5.88 Å². The van der Waals surface area contributed by atoms with Gasteiger partial charge in [0, 0.05) is 24.4 Å². The summed E-state index contributed by atoms with van der Waals surface area (Å²) in [6.45, 7) is 5.82. The minimum Gasteiger partial charge on any atom is -0.437 e. The minimum absolute atomic E-state index is 0.341. The van der Waals surface area contributed by atoms with E-state index in [2.05, 4.69) is 33.2 Å². The number of pyridine rings is 1. The van der Waals surface area contributed by atoms with Crippen molar-refractivity contribution in [2.75, 3.05) is 6.54 Å². The zero-order valence-electron chi connectivity index (χ0n) is 12.1. The van der Waals surface area contributed by atoms with Crippen molar-refractivity contribution in [3.63, 3.8) is 0 Å². The van der Waals surface area contributed by atoms with Crippen molar-refractivity contribution in [2.24, 2.45) is 0 Å². The van der Waals surface area contributed by atoms with Crippen LogP contribution in [-0.4, -0.2) is 11.5 Å². The van der Waals surface area contributed by atoms with Gasteiger partial charge in [-0.05, 0) is 59.6 Å². The Morgan fingerprint density at radius 2 is 2.14 bits per heavy atom. The first-order chi connectivity index (χ1) is 10.1. The van der Waals surface area contributed by atoms with E-state index in [-0.39, 0.29) is 5.82 Å². The molecule has 112 valence electrons. The number of benzene rings is 1. The fraction of sp³-hybridized carbons (Fsp3) is 0.312. The Hall–Kier alpha value is -1.46. The second-order valence-corrected chi connectivity index (χ2v) is 5.67. The first-order valence-corrected chi connectivity index (χ1v) is 7.68. The first-order valence-electron chi connectivity index (χ1n) is 6.89. The summed E-state index contributed by atoms with van der Waals surface area (Å²) in [4.78, 5) is 4.32. The summed E-state index contributed by atoms with van der Waals surface area (Å²) in [7, 11) is 0. The van der Waals surface area contributed by atoms with Crippen LogP contribution in [0.25, 0.3) is 0 Å². The Bertz CT molecular complexity index is 619. The average molecular weight is 353 g/mol. The molecule has 1 aromatic heterocycles. The summed E-state index contributed by atoms with van der Waals surface area (Å²) >= 11 is 3.34. The van der Waals surface area contributed by atoms with Crippen molar-refractivity contribution in [1.82, 2.24) is 10.3 Å². The van der Waals surface area contributed by atoms with E-state index >= 15 is 0 Å². The van der Waals surface area contributed by atoms with Gasteiger partial charge in [0.05, 0.1) is 4.47 Å². The van der Waals surface area contributed by atoms with Crippen LogP contribution in [0.15, 0.2) is 34.9 Å². The molecule has 0 aliphatic heterocycles. The number of hydrogen-bond donors (Lipinski definition) is 1. The molecule has 0 bridgehead atoms. The van der Waals surface area contributed by atoms with Gasteiger partial charge in [-0.15, -0.1) is 0 Å². The van der Waals surface area contributed by atoms with Crippen LogP contribution in [0.2, 0.25) is 0 Å². The summed E-state index contributed by atoms with van der Waals surface area (Å²) in [5, 5.41) is 3.33. The molecule has 0 fully saturated rings. The van der Waals surface area contributed by atoms with E-state index in [1.54, 1.807) is 12.3 Å². The third-order valence-corrected chi connectivity index (χ3v) is 3.60. The van der Waals surface area contributed by atoms with Crippen LogP contribution >= 0.6 is 15.9 Å². The van der Waals surface area contributed by atoms with E-state index in [0.717, 1.165) is 30.6 Å². The van der Waals surface area contributed by atoms with Crippen molar-refractivity contribution in [1.29, 1.82) is 0 Å². The molecule has 0 spiro atoms. The van der Waals surface area contributed by atoms with E-state index in [0.29, 0.717) is 16.1 Å². The van der Waals surface area contributed by atoms with E-state index in [4.69, 9.17) is 4.74 Å². The zero-order valence-corrected chi connectivity index (χ0v) is 13.7. The van der Waals surface area contributed by atoms with Crippen LogP contribution in [0.3, 0.4) is 0 Å². The molecule has 0 aliphatic carbocycles. The Kier molecular flexibility index (Phi) is 5.70. The molecule has 5 heteroatoms. The standard InChI is InChI=1S/C16H18BrFN2O/c1-3-6-19-9-12-7-11(2)16(20-10-12)21-15-8-13(18)4-5-14(15)17/h4-5,7-8,10,19H,3,6,9H2,1-2H3. The second kappa shape index (κ2) is 7.52. The molecule has 2 aromatic rings. The van der Waals surface area contributed by atoms with E-state index in [9.17, 15) is 4.39 Å². The lowest BCUT2D eigenvalue weighted by Gasteiger charge is -2.11. The highest BCUT2D eigenvalue weighted by Crippen LogP contribution is 2.30. The molecule has 0 radical (unpaired) electrons. The monoisotopic (exact) mass is 352 g/mol. The summed E-state index contributed by atoms with van der Waals surface area (Å²) in [6, 6.07) is 6.35. The maximum atomic E-state index is 13.3. The quantitative estimate of drug-likeness (QED) is 0.772. The smallest absolute Gasteiger partial charge is 0.222 e. The van der Waals surface area contributed by atoms with Gasteiger partial charge < -0.3 is 10.1 Å². The largest absolute Gasteiger partial charge is 0.437 e. The highest BCUT2D eigenvalue weighted by Gasteiger charge is 2.08. The molecule has 0 saturated heterocycles. The van der Waals surface area contributed by atoms with E-state index < -0.39 is 0 Å². The third-order valence-electron chi connectivity index (χ3n) is 2.94. The van der Waals surface area contributed by atoms with Gasteiger partial charge in [0.15, 0.2) is 0 Å². The number of halogens is 2. The summed E-state index contributed by atoms with van der Waals surface area (Å²) in [6.07, 6.45) is 2.87. The first kappa shape index (κ1) is 15.9. The van der Waals surface area contributed by atoms with Gasteiger partial charge in [-0.25, -0.2) is 9.37 Å². The molecule has 2 rings (SSSR count). The topological polar surface area (TPSA) is 34.2 Å². The lowest BCUT2D eigenvalue weighted by molar-refractivity contribution is 0.450. The molecule has 1 N–H and O–H groups in total. The van der Waals surface area contributed by atoms with Crippen molar-refractivity contribution in [2.45, 2.75) is 26.8 Å². The molecule has 0 unspecified atom stereocenters. The Balaban J connectivity index is 2.12. The van der Waals surface area contributed by atoms with Gasteiger partial charge in [-0.1, -0.05) is 6.92 Å². The van der Waals surface area contributed by atoms with Crippen LogP contribution in [0.5, 0.6) is 11.6 Å². The molecule has 0 atom stereocenters. The normalized spacial score (nSPS) is 10.7. The van der Waals surface area contributed by atoms with Crippen LogP contribution in [-0.2, 0) is 6.54 Å². The fourth-order valence-corrected chi connectivity index (χ4v) is 2.22. The second-order valence-electron chi connectivity index (χ2n) is 4.82. The third kappa shape index (κ3) is 4.51. The number of ether oxygens (including phenoxy) is 1. The van der Waals surface area contributed by atoms with Crippen LogP contribution in [0.1, 0.15) is 24.5 Å². The number of nitrogens with zero attached hydrogens (tertiary/aromatic N) is 1. The fourth-order valence-electron chi connectivity index (χ4n) is 1.89. The highest BCUT2D eigenvalue weighted by molar-refractivity contribution is 9.10. The van der Waals surface area contributed by atoms with Gasteiger partial charge in [-0.3, -0.25) is 0 Å². The summed E-state index contributed by atoms with van der Waals surface area (Å²) in [5.74, 6) is 0.564. The lowest BCUT2D eigenvalue weighted by Crippen LogP contribution is -2.14. The van der Waals surface area contributed by atoms with Crippen LogP contribution < -0.4 is 10.1 Å². The molecule has 1 aromatic carbocycles. The van der Waals surface area contributed by atoms with Crippen molar-refractivity contribution < 1.29 is 9.13 Å². The number of aryl methyl sites for hydroxylation is 1. The van der Waals surface area contributed by atoms with Gasteiger partial charge >= 0.3 is 0 Å². The van der Waals surface area contributed by atoms with Gasteiger partial charge in [-0.2, -0.15) is 0 Å². The average Bonchev–Trinajstić information content (AvgIpc) is 2.46. The van der Waals surface area contributed by atoms with Crippen LogP contribution in [0.4, 0.5) is 4.39 Å². The van der Waals surface area contributed by atoms with Crippen molar-refractivity contribution in [3.8, 4) is 11.6 Å². The maximum Gasteiger partial charge on any atom is 0.222 e. The summed E-state index contributed by atoms with van der Waals surface area (Å²) in [5.41, 5.74) is 2.02. The van der Waals surface area contributed by atoms with Gasteiger partial charge in [0.25, 0.3) is 0 Å².